The van der Waals surface area contributed by atoms with Crippen LogP contribution >= 0.6 is 0 Å². The molecule has 0 aliphatic heterocycles. The number of nitrogens with zero attached hydrogens (tertiary/aromatic N) is 1. The molecule has 0 saturated carbocycles. The van der Waals surface area contributed by atoms with E-state index in [0.29, 0.717) is 5.56 Å². The van der Waals surface area contributed by atoms with Crippen molar-refractivity contribution in [2.75, 3.05) is 0 Å². The molecule has 2 amide bonds. The molecule has 0 aliphatic rings. The molecule has 0 atom stereocenters. The normalized spacial score (nSPS) is 10.6. The van der Waals surface area contributed by atoms with E-state index < -0.39 is 17.8 Å². The average Bonchev–Trinajstić information content (AvgIpc) is 2.38. The molecule has 106 valence electrons. The number of benzene rings is 1. The van der Waals surface area contributed by atoms with Gasteiger partial charge in [0, 0.05) is 11.6 Å². The van der Waals surface area contributed by atoms with Crippen molar-refractivity contribution < 1.29 is 19.5 Å². The highest BCUT2D eigenvalue weighted by molar-refractivity contribution is 6.35. The minimum atomic E-state index is -1.10. The molecule has 0 spiro atoms. The molecule has 0 radical (unpaired) electrons. The summed E-state index contributed by atoms with van der Waals surface area (Å²) >= 11 is 0. The highest BCUT2D eigenvalue weighted by Crippen LogP contribution is 2.05. The second-order valence-electron chi connectivity index (χ2n) is 4.22. The summed E-state index contributed by atoms with van der Waals surface area (Å²) in [5, 5.41) is 14.9. The van der Waals surface area contributed by atoms with Crippen LogP contribution in [0.1, 0.15) is 29.8 Å². The summed E-state index contributed by atoms with van der Waals surface area (Å²) in [4.78, 5) is 33.5. The Bertz CT molecular complexity index is 552. The Morgan fingerprint density at radius 3 is 2.45 bits per heavy atom. The number of amides is 2. The topological polar surface area (TPSA) is 108 Å². The maximum Gasteiger partial charge on any atom is 0.336 e. The lowest BCUT2D eigenvalue weighted by Gasteiger charge is -2.06. The largest absolute Gasteiger partial charge is 0.478 e. The van der Waals surface area contributed by atoms with E-state index in [1.54, 1.807) is 26.0 Å². The Morgan fingerprint density at radius 1 is 1.20 bits per heavy atom. The van der Waals surface area contributed by atoms with Crippen molar-refractivity contribution in [3.63, 3.8) is 0 Å². The first-order valence-corrected chi connectivity index (χ1v) is 5.88. The van der Waals surface area contributed by atoms with Crippen molar-refractivity contribution in [1.82, 2.24) is 10.7 Å². The van der Waals surface area contributed by atoms with Gasteiger partial charge in [0.05, 0.1) is 11.8 Å². The van der Waals surface area contributed by atoms with Crippen molar-refractivity contribution in [3.05, 3.63) is 35.4 Å². The average molecular weight is 277 g/mol. The minimum absolute atomic E-state index is 0.0529. The number of aromatic carboxylic acids is 1. The zero-order chi connectivity index (χ0) is 15.1. The van der Waals surface area contributed by atoms with E-state index in [4.69, 9.17) is 5.11 Å². The van der Waals surface area contributed by atoms with Gasteiger partial charge in [-0.15, -0.1) is 0 Å². The number of carbonyl (C=O) groups excluding carboxylic acids is 2. The van der Waals surface area contributed by atoms with Gasteiger partial charge in [0.15, 0.2) is 0 Å². The van der Waals surface area contributed by atoms with Gasteiger partial charge in [0.2, 0.25) is 0 Å². The van der Waals surface area contributed by atoms with Crippen molar-refractivity contribution in [3.8, 4) is 0 Å². The van der Waals surface area contributed by atoms with Crippen LogP contribution in [0.5, 0.6) is 0 Å². The molecule has 1 aromatic rings. The first-order chi connectivity index (χ1) is 9.41. The molecular weight excluding hydrogens is 262 g/mol. The monoisotopic (exact) mass is 277 g/mol. The summed E-state index contributed by atoms with van der Waals surface area (Å²) in [7, 11) is 0. The zero-order valence-electron chi connectivity index (χ0n) is 11.1. The number of nitrogens with one attached hydrogen (secondary N) is 2. The van der Waals surface area contributed by atoms with E-state index in [0.717, 1.165) is 0 Å². The fraction of sp³-hybridized carbons (Fsp3) is 0.231. The standard InChI is InChI=1S/C13H15N3O4/c1-8(2)15-11(17)12(18)16-14-7-9-5-3-4-6-10(9)13(19)20/h3-8H,1-2H3,(H,15,17)(H,16,18)(H,19,20)/b14-7-. The summed E-state index contributed by atoms with van der Waals surface area (Å²) in [5.74, 6) is -2.82. The molecule has 0 unspecified atom stereocenters. The molecule has 20 heavy (non-hydrogen) atoms. The van der Waals surface area contributed by atoms with Gasteiger partial charge in [-0.1, -0.05) is 18.2 Å². The van der Waals surface area contributed by atoms with Crippen LogP contribution in [0.3, 0.4) is 0 Å². The summed E-state index contributed by atoms with van der Waals surface area (Å²) < 4.78 is 0. The molecule has 0 heterocycles. The molecule has 7 nitrogen and oxygen atoms in total. The lowest BCUT2D eigenvalue weighted by atomic mass is 10.1. The quantitative estimate of drug-likeness (QED) is 0.419. The fourth-order valence-electron chi connectivity index (χ4n) is 1.34. The first kappa shape index (κ1) is 15.4. The van der Waals surface area contributed by atoms with Crippen LogP contribution in [-0.2, 0) is 9.59 Å². The van der Waals surface area contributed by atoms with Crippen molar-refractivity contribution in [2.24, 2.45) is 5.10 Å². The van der Waals surface area contributed by atoms with Gasteiger partial charge < -0.3 is 10.4 Å². The molecule has 0 saturated heterocycles. The van der Waals surface area contributed by atoms with Gasteiger partial charge in [-0.2, -0.15) is 5.10 Å². The van der Waals surface area contributed by atoms with E-state index in [2.05, 4.69) is 10.4 Å². The Kier molecular flexibility index (Phi) is 5.40. The predicted molar refractivity (Wildman–Crippen MR) is 72.4 cm³/mol. The molecule has 3 N–H and O–H groups in total. The number of hydrogen-bond donors (Lipinski definition) is 3. The van der Waals surface area contributed by atoms with E-state index in [-0.39, 0.29) is 11.6 Å². The van der Waals surface area contributed by atoms with Crippen LogP contribution in [0.25, 0.3) is 0 Å². The molecule has 0 bridgehead atoms. The third kappa shape index (κ3) is 4.52. The second kappa shape index (κ2) is 7.03. The number of carbonyl (C=O) groups is 3. The van der Waals surface area contributed by atoms with E-state index in [1.165, 1.54) is 18.3 Å². The van der Waals surface area contributed by atoms with Crippen molar-refractivity contribution in [2.45, 2.75) is 19.9 Å². The van der Waals surface area contributed by atoms with Crippen LogP contribution in [0, 0.1) is 0 Å². The Morgan fingerprint density at radius 2 is 1.85 bits per heavy atom. The fourth-order valence-corrected chi connectivity index (χ4v) is 1.34. The maximum absolute atomic E-state index is 11.3. The van der Waals surface area contributed by atoms with Crippen molar-refractivity contribution in [1.29, 1.82) is 0 Å². The van der Waals surface area contributed by atoms with Crippen molar-refractivity contribution >= 4 is 24.0 Å². The molecule has 1 aromatic carbocycles. The highest BCUT2D eigenvalue weighted by atomic mass is 16.4. The highest BCUT2D eigenvalue weighted by Gasteiger charge is 2.13. The Labute approximate surface area is 115 Å². The van der Waals surface area contributed by atoms with Gasteiger partial charge in [0.1, 0.15) is 0 Å². The smallest absolute Gasteiger partial charge is 0.336 e. The molecule has 1 rings (SSSR count). The number of carboxylic acids is 1. The summed E-state index contributed by atoms with van der Waals surface area (Å²) in [6.07, 6.45) is 1.17. The van der Waals surface area contributed by atoms with Gasteiger partial charge in [-0.05, 0) is 19.9 Å². The summed E-state index contributed by atoms with van der Waals surface area (Å²) in [6.45, 7) is 3.44. The Balaban J connectivity index is 2.68. The molecule has 0 aromatic heterocycles. The van der Waals surface area contributed by atoms with Crippen LogP contribution in [0.2, 0.25) is 0 Å². The molecule has 0 fully saturated rings. The molecule has 7 heteroatoms. The third-order valence-corrected chi connectivity index (χ3v) is 2.19. The number of hydrazone groups is 1. The van der Waals surface area contributed by atoms with Crippen LogP contribution in [0.4, 0.5) is 0 Å². The summed E-state index contributed by atoms with van der Waals surface area (Å²) in [5.41, 5.74) is 2.40. The summed E-state index contributed by atoms with van der Waals surface area (Å²) in [6, 6.07) is 6.01. The van der Waals surface area contributed by atoms with Gasteiger partial charge >= 0.3 is 17.8 Å². The lowest BCUT2D eigenvalue weighted by molar-refractivity contribution is -0.139. The number of hydrogen-bond acceptors (Lipinski definition) is 4. The van der Waals surface area contributed by atoms with E-state index >= 15 is 0 Å². The van der Waals surface area contributed by atoms with Crippen LogP contribution in [-0.4, -0.2) is 35.1 Å². The first-order valence-electron chi connectivity index (χ1n) is 5.88. The molecular formula is C13H15N3O4. The van der Waals surface area contributed by atoms with E-state index in [9.17, 15) is 14.4 Å². The number of carboxylic acid groups (broad SMARTS) is 1. The Hall–Kier alpha value is -2.70. The maximum atomic E-state index is 11.3. The van der Waals surface area contributed by atoms with Gasteiger partial charge in [-0.3, -0.25) is 9.59 Å². The van der Waals surface area contributed by atoms with Crippen LogP contribution < -0.4 is 10.7 Å². The zero-order valence-corrected chi connectivity index (χ0v) is 11.1. The predicted octanol–water partition coefficient (Wildman–Crippen LogP) is 0.359. The van der Waals surface area contributed by atoms with E-state index in [1.807, 2.05) is 5.43 Å². The third-order valence-electron chi connectivity index (χ3n) is 2.19. The lowest BCUT2D eigenvalue weighted by Crippen LogP contribution is -2.41. The molecule has 0 aliphatic carbocycles. The SMILES string of the molecule is CC(C)NC(=O)C(=O)N/N=C\c1ccccc1C(=O)O. The van der Waals surface area contributed by atoms with Gasteiger partial charge in [-0.25, -0.2) is 10.2 Å². The minimum Gasteiger partial charge on any atom is -0.478 e. The van der Waals surface area contributed by atoms with Crippen LogP contribution in [0.15, 0.2) is 29.4 Å². The van der Waals surface area contributed by atoms with Gasteiger partial charge in [0.25, 0.3) is 0 Å². The second-order valence-corrected chi connectivity index (χ2v) is 4.22. The number of rotatable bonds is 4.